The van der Waals surface area contributed by atoms with Crippen molar-refractivity contribution in [2.75, 3.05) is 13.1 Å². The van der Waals surface area contributed by atoms with Crippen LogP contribution in [0.4, 0.5) is 0 Å². The van der Waals surface area contributed by atoms with Crippen LogP contribution < -0.4 is 11.1 Å². The second-order valence-electron chi connectivity index (χ2n) is 8.33. The lowest BCUT2D eigenvalue weighted by Gasteiger charge is -2.32. The number of hydrogen-bond acceptors (Lipinski definition) is 7. The molecule has 3 heterocycles. The van der Waals surface area contributed by atoms with Crippen molar-refractivity contribution in [3.05, 3.63) is 18.2 Å². The van der Waals surface area contributed by atoms with Gasteiger partial charge in [-0.05, 0) is 32.6 Å². The smallest absolute Gasteiger partial charge is 0.326 e. The maximum Gasteiger partial charge on any atom is 0.326 e. The molecule has 2 saturated heterocycles. The quantitative estimate of drug-likeness (QED) is 0.308. The minimum Gasteiger partial charge on any atom is -0.480 e. The number of aromatic nitrogens is 2. The van der Waals surface area contributed by atoms with Crippen molar-refractivity contribution < 1.29 is 29.4 Å². The summed E-state index contributed by atoms with van der Waals surface area (Å²) in [5.41, 5.74) is 6.31. The molecule has 6 N–H and O–H groups in total. The van der Waals surface area contributed by atoms with Crippen molar-refractivity contribution in [3.8, 4) is 0 Å². The third-order valence-electron chi connectivity index (χ3n) is 6.06. The average Bonchev–Trinajstić information content (AvgIpc) is 3.52. The summed E-state index contributed by atoms with van der Waals surface area (Å²) in [6.07, 6.45) is 3.95. The normalized spacial score (nSPS) is 23.6. The molecule has 12 nitrogen and oxygen atoms in total. The van der Waals surface area contributed by atoms with Gasteiger partial charge in [-0.2, -0.15) is 0 Å². The van der Waals surface area contributed by atoms with Gasteiger partial charge < -0.3 is 36.0 Å². The molecule has 32 heavy (non-hydrogen) atoms. The fourth-order valence-corrected chi connectivity index (χ4v) is 4.27. The van der Waals surface area contributed by atoms with Gasteiger partial charge in [-0.1, -0.05) is 0 Å². The number of H-pyrrole nitrogens is 1. The highest BCUT2D eigenvalue weighted by atomic mass is 16.4. The van der Waals surface area contributed by atoms with Gasteiger partial charge >= 0.3 is 5.97 Å². The van der Waals surface area contributed by atoms with E-state index in [1.165, 1.54) is 29.2 Å². The predicted molar refractivity (Wildman–Crippen MR) is 111 cm³/mol. The van der Waals surface area contributed by atoms with E-state index < -0.39 is 48.1 Å². The number of amides is 3. The number of hydrogen-bond donors (Lipinski definition) is 5. The van der Waals surface area contributed by atoms with Crippen LogP contribution in [-0.2, 0) is 25.6 Å². The molecule has 1 aromatic rings. The summed E-state index contributed by atoms with van der Waals surface area (Å²) < 4.78 is 0. The molecule has 0 aromatic carbocycles. The molecule has 0 radical (unpaired) electrons. The highest BCUT2D eigenvalue weighted by Crippen LogP contribution is 2.26. The standard InChI is InChI=1S/C20H30N6O6/c1-11(27)16(21)17(28)24-13(8-12-9-22-10-23-12)18(29)25-6-2-4-14(25)19(30)26-7-3-5-15(26)20(31)32/h9-11,13-16,27H,2-8,21H2,1H3,(H,22,23)(H,24,28)(H,31,32). The van der Waals surface area contributed by atoms with Gasteiger partial charge in [-0.15, -0.1) is 0 Å². The summed E-state index contributed by atoms with van der Waals surface area (Å²) >= 11 is 0. The molecule has 5 atom stereocenters. The zero-order chi connectivity index (χ0) is 23.4. The maximum atomic E-state index is 13.4. The highest BCUT2D eigenvalue weighted by Gasteiger charge is 2.43. The number of aliphatic hydroxyl groups excluding tert-OH is 1. The monoisotopic (exact) mass is 450 g/mol. The van der Waals surface area contributed by atoms with Gasteiger partial charge in [0.15, 0.2) is 0 Å². The lowest BCUT2D eigenvalue weighted by molar-refractivity contribution is -0.152. The Hall–Kier alpha value is -2.99. The molecule has 0 saturated carbocycles. The zero-order valence-electron chi connectivity index (χ0n) is 17.9. The number of nitrogens with zero attached hydrogens (tertiary/aromatic N) is 3. The van der Waals surface area contributed by atoms with Crippen LogP contribution in [0.3, 0.4) is 0 Å². The molecule has 176 valence electrons. The van der Waals surface area contributed by atoms with E-state index in [2.05, 4.69) is 15.3 Å². The Morgan fingerprint density at radius 2 is 1.88 bits per heavy atom. The highest BCUT2D eigenvalue weighted by molar-refractivity contribution is 5.95. The Morgan fingerprint density at radius 1 is 1.22 bits per heavy atom. The van der Waals surface area contributed by atoms with E-state index in [0.717, 1.165) is 0 Å². The number of aliphatic hydroxyl groups is 1. The summed E-state index contributed by atoms with van der Waals surface area (Å²) in [4.78, 5) is 60.1. The van der Waals surface area contributed by atoms with Crippen LogP contribution in [0.25, 0.3) is 0 Å². The second-order valence-corrected chi connectivity index (χ2v) is 8.33. The van der Waals surface area contributed by atoms with Crippen LogP contribution in [0.5, 0.6) is 0 Å². The lowest BCUT2D eigenvalue weighted by atomic mass is 10.1. The fraction of sp³-hybridized carbons (Fsp3) is 0.650. The Kier molecular flexibility index (Phi) is 7.46. The molecule has 2 aliphatic heterocycles. The van der Waals surface area contributed by atoms with E-state index in [4.69, 9.17) is 5.73 Å². The van der Waals surface area contributed by atoms with Crippen molar-refractivity contribution in [2.45, 2.75) is 69.3 Å². The summed E-state index contributed by atoms with van der Waals surface area (Å²) in [5, 5.41) is 21.6. The van der Waals surface area contributed by atoms with Gasteiger partial charge in [0.1, 0.15) is 24.2 Å². The molecular weight excluding hydrogens is 420 g/mol. The van der Waals surface area contributed by atoms with Crippen molar-refractivity contribution >= 4 is 23.7 Å². The van der Waals surface area contributed by atoms with Gasteiger partial charge in [0.2, 0.25) is 17.7 Å². The molecule has 0 bridgehead atoms. The van der Waals surface area contributed by atoms with Crippen LogP contribution in [0.15, 0.2) is 12.5 Å². The number of carboxylic acid groups (broad SMARTS) is 1. The van der Waals surface area contributed by atoms with Crippen molar-refractivity contribution in [1.82, 2.24) is 25.1 Å². The second kappa shape index (κ2) is 10.1. The van der Waals surface area contributed by atoms with Gasteiger partial charge in [-0.25, -0.2) is 9.78 Å². The SMILES string of the molecule is CC(O)C(N)C(=O)NC(Cc1cnc[nH]1)C(=O)N1CCCC1C(=O)N1CCCC1C(=O)O. The average molecular weight is 450 g/mol. The van der Waals surface area contributed by atoms with Gasteiger partial charge in [0, 0.05) is 31.4 Å². The lowest BCUT2D eigenvalue weighted by Crippen LogP contribution is -2.58. The summed E-state index contributed by atoms with van der Waals surface area (Å²) in [7, 11) is 0. The molecule has 0 aliphatic carbocycles. The molecule has 0 spiro atoms. The Morgan fingerprint density at radius 3 is 2.47 bits per heavy atom. The molecule has 1 aromatic heterocycles. The van der Waals surface area contributed by atoms with Crippen molar-refractivity contribution in [2.24, 2.45) is 5.73 Å². The first-order chi connectivity index (χ1) is 15.2. The third-order valence-corrected chi connectivity index (χ3v) is 6.06. The number of aromatic amines is 1. The molecule has 3 rings (SSSR count). The topological polar surface area (TPSA) is 182 Å². The molecule has 3 amide bonds. The summed E-state index contributed by atoms with van der Waals surface area (Å²) in [6.45, 7) is 2.03. The van der Waals surface area contributed by atoms with E-state index in [1.807, 2.05) is 0 Å². The number of nitrogens with one attached hydrogen (secondary N) is 2. The third kappa shape index (κ3) is 5.07. The first kappa shape index (κ1) is 23.7. The first-order valence-electron chi connectivity index (χ1n) is 10.8. The first-order valence-corrected chi connectivity index (χ1v) is 10.8. The summed E-state index contributed by atoms with van der Waals surface area (Å²) in [5.74, 6) is -2.59. The minimum atomic E-state index is -1.22. The molecule has 2 fully saturated rings. The molecular formula is C20H30N6O6. The molecule has 2 aliphatic rings. The Balaban J connectivity index is 1.78. The zero-order valence-corrected chi connectivity index (χ0v) is 17.9. The van der Waals surface area contributed by atoms with E-state index in [1.54, 1.807) is 0 Å². The van der Waals surface area contributed by atoms with E-state index in [9.17, 15) is 29.4 Å². The summed E-state index contributed by atoms with van der Waals surface area (Å²) in [6, 6.07) is -3.92. The fourth-order valence-electron chi connectivity index (χ4n) is 4.27. The van der Waals surface area contributed by atoms with Crippen LogP contribution in [0, 0.1) is 0 Å². The number of aliphatic carboxylic acids is 1. The van der Waals surface area contributed by atoms with Crippen LogP contribution in [0.2, 0.25) is 0 Å². The van der Waals surface area contributed by atoms with E-state index in [-0.39, 0.29) is 12.3 Å². The number of rotatable bonds is 8. The maximum absolute atomic E-state index is 13.4. The van der Waals surface area contributed by atoms with Crippen LogP contribution >= 0.6 is 0 Å². The van der Waals surface area contributed by atoms with Gasteiger partial charge in [0.05, 0.1) is 12.4 Å². The van der Waals surface area contributed by atoms with Crippen molar-refractivity contribution in [1.29, 1.82) is 0 Å². The van der Waals surface area contributed by atoms with Gasteiger partial charge in [0.25, 0.3) is 0 Å². The van der Waals surface area contributed by atoms with Gasteiger partial charge in [-0.3, -0.25) is 14.4 Å². The number of likely N-dealkylation sites (tertiary alicyclic amines) is 2. The number of carbonyl (C=O) groups excluding carboxylic acids is 3. The van der Waals surface area contributed by atoms with Crippen LogP contribution in [-0.4, -0.2) is 97.0 Å². The molecule has 12 heteroatoms. The number of imidazole rings is 1. The van der Waals surface area contributed by atoms with E-state index >= 15 is 0 Å². The molecule has 5 unspecified atom stereocenters. The predicted octanol–water partition coefficient (Wildman–Crippen LogP) is -1.79. The number of carboxylic acids is 1. The number of carbonyl (C=O) groups is 4. The largest absolute Gasteiger partial charge is 0.480 e. The number of nitrogens with two attached hydrogens (primary N) is 1. The Labute approximate surface area is 185 Å². The van der Waals surface area contributed by atoms with Crippen LogP contribution in [0.1, 0.15) is 38.3 Å². The minimum absolute atomic E-state index is 0.0932. The Bertz CT molecular complexity index is 844. The van der Waals surface area contributed by atoms with Crippen molar-refractivity contribution in [3.63, 3.8) is 0 Å². The van der Waals surface area contributed by atoms with E-state index in [0.29, 0.717) is 44.5 Å².